The van der Waals surface area contributed by atoms with Crippen LogP contribution in [0.3, 0.4) is 0 Å². The largest absolute Gasteiger partial charge is 2.00 e. The van der Waals surface area contributed by atoms with Crippen LogP contribution < -0.4 is 0 Å². The van der Waals surface area contributed by atoms with E-state index < -0.39 is 0 Å². The Hall–Kier alpha value is -1.11. The first kappa shape index (κ1) is 26.8. The van der Waals surface area contributed by atoms with Crippen LogP contribution >= 0.6 is 0 Å². The van der Waals surface area contributed by atoms with Gasteiger partial charge in [-0.25, -0.2) is 0 Å². The Labute approximate surface area is 151 Å². The Balaban J connectivity index is -0.000000280. The van der Waals surface area contributed by atoms with E-state index in [2.05, 4.69) is 45.9 Å². The van der Waals surface area contributed by atoms with E-state index in [0.717, 1.165) is 0 Å². The fourth-order valence-corrected chi connectivity index (χ4v) is 1.65. The van der Waals surface area contributed by atoms with Gasteiger partial charge in [0.2, 0.25) is 0 Å². The molecule has 0 unspecified atom stereocenters. The number of hydrogen-bond donors (Lipinski definition) is 0. The van der Waals surface area contributed by atoms with Gasteiger partial charge in [-0.05, 0) is 44.4 Å². The zero-order valence-corrected chi connectivity index (χ0v) is 14.2. The summed E-state index contributed by atoms with van der Waals surface area (Å²) < 4.78 is 15.0. The summed E-state index contributed by atoms with van der Waals surface area (Å²) in [5.41, 5.74) is 0.604. The van der Waals surface area contributed by atoms with Crippen molar-refractivity contribution in [2.45, 2.75) is 32.6 Å². The minimum atomic E-state index is 0. The second-order valence-corrected chi connectivity index (χ2v) is 4.22. The molecular formula is C19H20FeO3+. The van der Waals surface area contributed by atoms with Gasteiger partial charge in [-0.2, -0.15) is 17.7 Å². The number of rotatable bonds is 4. The topological polar surface area (TPSA) is 56.9 Å². The normalized spacial score (nSPS) is 12.4. The Bertz CT molecular complexity index is 375. The fourth-order valence-electron chi connectivity index (χ4n) is 1.65. The van der Waals surface area contributed by atoms with Crippen LogP contribution in [0.5, 0.6) is 0 Å². The van der Waals surface area contributed by atoms with E-state index in [1.165, 1.54) is 25.7 Å². The molecule has 0 amide bonds. The molecule has 0 atom stereocenters. The minimum Gasteiger partial charge on any atom is 2.00 e. The van der Waals surface area contributed by atoms with Crippen LogP contribution in [0.4, 0.5) is 0 Å². The Kier molecular flexibility index (Phi) is 27.0. The third-order valence-corrected chi connectivity index (χ3v) is 2.70. The first-order valence-electron chi connectivity index (χ1n) is 6.88. The summed E-state index contributed by atoms with van der Waals surface area (Å²) in [5.74, 6) is 1.59. The number of hydrogen-bond acceptors (Lipinski definition) is 1. The van der Waals surface area contributed by atoms with E-state index in [0.29, 0.717) is 5.56 Å². The van der Waals surface area contributed by atoms with Crippen molar-refractivity contribution in [2.75, 3.05) is 0 Å². The second-order valence-electron chi connectivity index (χ2n) is 4.22. The molecule has 1 fully saturated rings. The molecule has 0 aromatic heterocycles. The van der Waals surface area contributed by atoms with Crippen molar-refractivity contribution in [3.05, 3.63) is 80.8 Å². The van der Waals surface area contributed by atoms with Crippen molar-refractivity contribution in [3.8, 4) is 0 Å². The molecular weight excluding hydrogens is 332 g/mol. The predicted molar refractivity (Wildman–Crippen MR) is 83.7 cm³/mol. The molecule has 1 aromatic rings. The minimum absolute atomic E-state index is 0. The maximum Gasteiger partial charge on any atom is 2.00 e. The van der Waals surface area contributed by atoms with Gasteiger partial charge in [0.05, 0.1) is 6.29 Å². The molecule has 1 saturated carbocycles. The van der Waals surface area contributed by atoms with Gasteiger partial charge in [0.25, 0.3) is 0 Å². The maximum absolute atomic E-state index is 9.88. The second kappa shape index (κ2) is 23.2. The Morgan fingerprint density at radius 1 is 1.09 bits per heavy atom. The average molecular weight is 352 g/mol. The van der Waals surface area contributed by atoms with Crippen LogP contribution in [0.1, 0.15) is 38.2 Å². The molecule has 1 aliphatic rings. The molecule has 23 heavy (non-hydrogen) atoms. The van der Waals surface area contributed by atoms with E-state index >= 15 is 0 Å². The molecule has 0 bridgehead atoms. The molecule has 0 aliphatic heterocycles. The van der Waals surface area contributed by atoms with Crippen LogP contribution in [0.15, 0.2) is 30.3 Å². The Morgan fingerprint density at radius 3 is 2.09 bits per heavy atom. The Morgan fingerprint density at radius 2 is 1.70 bits per heavy atom. The van der Waals surface area contributed by atoms with Crippen LogP contribution in [-0.4, -0.2) is 6.29 Å². The molecule has 4 heteroatoms. The molecule has 0 spiro atoms. The van der Waals surface area contributed by atoms with Crippen molar-refractivity contribution in [3.63, 3.8) is 0 Å². The summed E-state index contributed by atoms with van der Waals surface area (Å²) in [5, 5.41) is 0. The molecule has 3 nitrogen and oxygen atoms in total. The van der Waals surface area contributed by atoms with E-state index in [-0.39, 0.29) is 17.1 Å². The maximum atomic E-state index is 9.88. The third-order valence-electron chi connectivity index (χ3n) is 2.70. The molecule has 0 heterocycles. The van der Waals surface area contributed by atoms with Gasteiger partial charge in [-0.15, -0.1) is 12.1 Å². The van der Waals surface area contributed by atoms with Crippen LogP contribution in [0.2, 0.25) is 0 Å². The summed E-state index contributed by atoms with van der Waals surface area (Å²) in [6.07, 6.45) is 15.6. The van der Waals surface area contributed by atoms with E-state index in [9.17, 15) is 4.79 Å². The predicted octanol–water partition coefficient (Wildman–Crippen LogP) is 4.04. The first-order valence-corrected chi connectivity index (χ1v) is 6.88. The SMILES string of the molecule is CCCC[C]1[CH][CH][CH][CH]C1.O=[C-]c1ccccc1.[C-]#[O+].[C-]#[O+].[Fe+2]. The number of unbranched alkanes of at least 4 members (excludes halogenated alkanes) is 1. The standard InChI is InChI=1S/C10H15.C7H5O.2CO.Fe/c1-2-3-7-10-8-5-4-6-9-10;8-6-7-4-2-1-3-5-7;2*1-2;/h4-6,8H,2-3,7,9H2,1H3;1-5H;;;/q;-1;;;+2. The molecule has 121 valence electrons. The zero-order valence-electron chi connectivity index (χ0n) is 13.1. The van der Waals surface area contributed by atoms with Crippen molar-refractivity contribution >= 4 is 6.29 Å². The van der Waals surface area contributed by atoms with Crippen molar-refractivity contribution in [2.24, 2.45) is 0 Å². The fraction of sp³-hybridized carbons (Fsp3) is 0.263. The van der Waals surface area contributed by atoms with Gasteiger partial charge in [0.1, 0.15) is 0 Å². The molecule has 2 rings (SSSR count). The van der Waals surface area contributed by atoms with Gasteiger partial charge in [-0.3, -0.25) is 0 Å². The number of carbonyl (C=O) groups excluding carboxylic acids is 1. The molecule has 0 N–H and O–H groups in total. The monoisotopic (exact) mass is 352 g/mol. The van der Waals surface area contributed by atoms with Crippen molar-refractivity contribution < 1.29 is 31.2 Å². The van der Waals surface area contributed by atoms with Crippen LogP contribution in [0, 0.1) is 44.9 Å². The smallest absolute Gasteiger partial charge is 2.00 e. The van der Waals surface area contributed by atoms with E-state index in [4.69, 9.17) is 9.30 Å². The van der Waals surface area contributed by atoms with Crippen molar-refractivity contribution in [1.29, 1.82) is 0 Å². The molecule has 0 saturated heterocycles. The van der Waals surface area contributed by atoms with E-state index in [1.807, 2.05) is 6.07 Å². The van der Waals surface area contributed by atoms with Gasteiger partial charge >= 0.3 is 39.7 Å². The van der Waals surface area contributed by atoms with Crippen LogP contribution in [0.25, 0.3) is 0 Å². The summed E-state index contributed by atoms with van der Waals surface area (Å²) in [7, 11) is 0. The zero-order chi connectivity index (χ0) is 17.1. The quantitative estimate of drug-likeness (QED) is 0.458. The van der Waals surface area contributed by atoms with Gasteiger partial charge in [0.15, 0.2) is 0 Å². The summed E-state index contributed by atoms with van der Waals surface area (Å²) in [4.78, 5) is 9.88. The first-order chi connectivity index (χ1) is 10.9. The van der Waals surface area contributed by atoms with E-state index in [1.54, 1.807) is 36.5 Å². The molecule has 5 radical (unpaired) electrons. The average Bonchev–Trinajstić information content (AvgIpc) is 2.65. The van der Waals surface area contributed by atoms with Gasteiger partial charge in [-0.1, -0.05) is 25.8 Å². The van der Waals surface area contributed by atoms with Gasteiger partial charge in [0, 0.05) is 0 Å². The number of benzene rings is 1. The summed E-state index contributed by atoms with van der Waals surface area (Å²) >= 11 is 0. The summed E-state index contributed by atoms with van der Waals surface area (Å²) in [6, 6.07) is 8.90. The third kappa shape index (κ3) is 17.1. The summed E-state index contributed by atoms with van der Waals surface area (Å²) in [6.45, 7) is 11.2. The molecule has 1 aromatic carbocycles. The van der Waals surface area contributed by atoms with Gasteiger partial charge < -0.3 is 4.79 Å². The van der Waals surface area contributed by atoms with Crippen LogP contribution in [-0.2, 0) is 31.2 Å². The molecule has 1 aliphatic carbocycles. The van der Waals surface area contributed by atoms with Crippen molar-refractivity contribution in [1.82, 2.24) is 0 Å².